The Morgan fingerprint density at radius 3 is 2.71 bits per heavy atom. The molecule has 0 aliphatic rings. The largest absolute Gasteiger partial charge is 0.290 e. The minimum absolute atomic E-state index is 0.0978. The van der Waals surface area contributed by atoms with E-state index in [0.717, 1.165) is 11.8 Å². The van der Waals surface area contributed by atoms with E-state index in [4.69, 9.17) is 0 Å². The molecule has 0 bridgehead atoms. The summed E-state index contributed by atoms with van der Waals surface area (Å²) in [5, 5.41) is 13.6. The molecular weight excluding hydrogens is 208 g/mol. The molecule has 0 saturated carbocycles. The van der Waals surface area contributed by atoms with Crippen molar-refractivity contribution in [2.24, 2.45) is 0 Å². The lowest BCUT2D eigenvalue weighted by molar-refractivity contribution is 0.355. The summed E-state index contributed by atoms with van der Waals surface area (Å²) in [6.07, 6.45) is 6.25. The third kappa shape index (κ3) is 3.00. The monoisotopic (exact) mass is 227 g/mol. The Labute approximate surface area is 103 Å². The van der Waals surface area contributed by atoms with Gasteiger partial charge in [0.25, 0.3) is 0 Å². The van der Waals surface area contributed by atoms with Gasteiger partial charge < -0.3 is 0 Å². The fraction of sp³-hybridized carbons (Fsp3) is 0.375. The predicted octanol–water partition coefficient (Wildman–Crippen LogP) is 5.11. The number of rotatable bonds is 5. The van der Waals surface area contributed by atoms with Crippen molar-refractivity contribution in [1.82, 2.24) is 0 Å². The van der Waals surface area contributed by atoms with Gasteiger partial charge in [-0.05, 0) is 41.3 Å². The molecule has 0 aliphatic heterocycles. The summed E-state index contributed by atoms with van der Waals surface area (Å²) in [6, 6.07) is 11.6. The van der Waals surface area contributed by atoms with Crippen molar-refractivity contribution < 1.29 is 5.11 Å². The highest BCUT2D eigenvalue weighted by atomic mass is 16.3. The zero-order chi connectivity index (χ0) is 12.1. The molecule has 1 heteroatoms. The molecule has 0 aliphatic carbocycles. The van der Waals surface area contributed by atoms with E-state index in [-0.39, 0.29) is 5.75 Å². The van der Waals surface area contributed by atoms with Crippen molar-refractivity contribution >= 4 is 10.8 Å². The fourth-order valence-corrected chi connectivity index (χ4v) is 2.29. The van der Waals surface area contributed by atoms with Crippen LogP contribution in [0.5, 0.6) is 5.75 Å². The van der Waals surface area contributed by atoms with E-state index in [1.807, 2.05) is 12.1 Å². The van der Waals surface area contributed by atoms with Gasteiger partial charge in [0.1, 0.15) is 0 Å². The molecule has 0 spiro atoms. The fourth-order valence-electron chi connectivity index (χ4n) is 2.29. The highest BCUT2D eigenvalue weighted by molar-refractivity contribution is 5.86. The molecule has 0 heterocycles. The van der Waals surface area contributed by atoms with Crippen molar-refractivity contribution in [3.63, 3.8) is 0 Å². The molecule has 2 aromatic rings. The summed E-state index contributed by atoms with van der Waals surface area (Å²) in [5.74, 6) is 0.0978. The molecule has 0 N–H and O–H groups in total. The summed E-state index contributed by atoms with van der Waals surface area (Å²) in [6.45, 7) is 2.23. The molecule has 2 aromatic carbocycles. The minimum atomic E-state index is 0.0978. The Bertz CT molecular complexity index is 488. The van der Waals surface area contributed by atoms with Crippen LogP contribution in [0.4, 0.5) is 0 Å². The van der Waals surface area contributed by atoms with Crippen molar-refractivity contribution in [2.45, 2.75) is 39.0 Å². The average molecular weight is 227 g/mol. The maximum absolute atomic E-state index is 11.3. The van der Waals surface area contributed by atoms with Gasteiger partial charge in [-0.15, -0.1) is 0 Å². The standard InChI is InChI=1S/C16H19O/c1-2-3-4-5-7-13-8-6-9-14-12-15(17)10-11-16(13)14/h6,8-12H,2-5,7H2,1H3. The molecule has 0 amide bonds. The summed E-state index contributed by atoms with van der Waals surface area (Å²) < 4.78 is 0. The number of aryl methyl sites for hydroxylation is 1. The van der Waals surface area contributed by atoms with Crippen LogP contribution in [-0.2, 0) is 11.5 Å². The first kappa shape index (κ1) is 12.0. The van der Waals surface area contributed by atoms with Crippen molar-refractivity contribution in [3.05, 3.63) is 42.0 Å². The molecular formula is C16H19O. The summed E-state index contributed by atoms with van der Waals surface area (Å²) in [7, 11) is 0. The first-order valence-corrected chi connectivity index (χ1v) is 6.50. The van der Waals surface area contributed by atoms with Crippen LogP contribution >= 0.6 is 0 Å². The van der Waals surface area contributed by atoms with E-state index >= 15 is 0 Å². The topological polar surface area (TPSA) is 19.9 Å². The van der Waals surface area contributed by atoms with Gasteiger partial charge in [0.05, 0.1) is 0 Å². The molecule has 89 valence electrons. The van der Waals surface area contributed by atoms with Crippen LogP contribution in [0.15, 0.2) is 36.4 Å². The van der Waals surface area contributed by atoms with E-state index in [0.29, 0.717) is 0 Å². The normalized spacial score (nSPS) is 10.9. The Morgan fingerprint density at radius 1 is 1.00 bits per heavy atom. The third-order valence-electron chi connectivity index (χ3n) is 3.24. The Balaban J connectivity index is 2.16. The smallest absolute Gasteiger partial charge is 0.179 e. The second-order valence-electron chi connectivity index (χ2n) is 4.61. The zero-order valence-electron chi connectivity index (χ0n) is 10.4. The first-order chi connectivity index (χ1) is 8.31. The summed E-state index contributed by atoms with van der Waals surface area (Å²) in [4.78, 5) is 0. The van der Waals surface area contributed by atoms with Gasteiger partial charge >= 0.3 is 0 Å². The van der Waals surface area contributed by atoms with Crippen molar-refractivity contribution in [2.75, 3.05) is 0 Å². The molecule has 0 atom stereocenters. The molecule has 0 saturated heterocycles. The maximum atomic E-state index is 11.3. The van der Waals surface area contributed by atoms with Gasteiger partial charge in [-0.25, -0.2) is 0 Å². The maximum Gasteiger partial charge on any atom is 0.179 e. The number of hydrogen-bond donors (Lipinski definition) is 0. The second-order valence-corrected chi connectivity index (χ2v) is 4.61. The van der Waals surface area contributed by atoms with Gasteiger partial charge in [-0.1, -0.05) is 50.5 Å². The van der Waals surface area contributed by atoms with Gasteiger partial charge in [-0.3, -0.25) is 5.11 Å². The van der Waals surface area contributed by atoms with Crippen LogP contribution in [0, 0.1) is 0 Å². The Hall–Kier alpha value is -1.50. The van der Waals surface area contributed by atoms with Crippen LogP contribution in [0.3, 0.4) is 0 Å². The number of hydrogen-bond acceptors (Lipinski definition) is 0. The van der Waals surface area contributed by atoms with E-state index in [1.54, 1.807) is 12.1 Å². The highest BCUT2D eigenvalue weighted by Gasteiger charge is 2.02. The molecule has 0 fully saturated rings. The van der Waals surface area contributed by atoms with E-state index in [9.17, 15) is 5.11 Å². The lowest BCUT2D eigenvalue weighted by Gasteiger charge is -2.06. The van der Waals surface area contributed by atoms with Crippen LogP contribution in [-0.4, -0.2) is 0 Å². The molecule has 2 rings (SSSR count). The molecule has 0 aromatic heterocycles. The third-order valence-corrected chi connectivity index (χ3v) is 3.24. The zero-order valence-corrected chi connectivity index (χ0v) is 10.4. The van der Waals surface area contributed by atoms with Gasteiger partial charge in [0.15, 0.2) is 5.75 Å². The number of fused-ring (bicyclic) bond motifs is 1. The highest BCUT2D eigenvalue weighted by Crippen LogP contribution is 2.24. The predicted molar refractivity (Wildman–Crippen MR) is 71.9 cm³/mol. The Morgan fingerprint density at radius 2 is 1.88 bits per heavy atom. The molecule has 1 nitrogen and oxygen atoms in total. The molecule has 1 radical (unpaired) electrons. The van der Waals surface area contributed by atoms with Gasteiger partial charge in [0, 0.05) is 0 Å². The summed E-state index contributed by atoms with van der Waals surface area (Å²) in [5.41, 5.74) is 1.37. The van der Waals surface area contributed by atoms with E-state index in [1.165, 1.54) is 36.6 Å². The van der Waals surface area contributed by atoms with E-state index in [2.05, 4.69) is 19.1 Å². The lowest BCUT2D eigenvalue weighted by Crippen LogP contribution is -1.87. The quantitative estimate of drug-likeness (QED) is 0.633. The van der Waals surface area contributed by atoms with Gasteiger partial charge in [-0.2, -0.15) is 0 Å². The second kappa shape index (κ2) is 5.72. The van der Waals surface area contributed by atoms with Crippen molar-refractivity contribution in [1.29, 1.82) is 0 Å². The average Bonchev–Trinajstić information content (AvgIpc) is 2.34. The Kier molecular flexibility index (Phi) is 4.03. The number of benzene rings is 2. The van der Waals surface area contributed by atoms with E-state index < -0.39 is 0 Å². The van der Waals surface area contributed by atoms with Crippen molar-refractivity contribution in [3.8, 4) is 5.75 Å². The molecule has 0 unspecified atom stereocenters. The lowest BCUT2D eigenvalue weighted by atomic mass is 9.99. The SMILES string of the molecule is CCCCCCc1cccc2cc([O])ccc12. The van der Waals surface area contributed by atoms with Crippen LogP contribution in [0.1, 0.15) is 38.2 Å². The van der Waals surface area contributed by atoms with Gasteiger partial charge in [0.2, 0.25) is 0 Å². The number of unbranched alkanes of at least 4 members (excludes halogenated alkanes) is 3. The van der Waals surface area contributed by atoms with Crippen LogP contribution in [0.2, 0.25) is 0 Å². The first-order valence-electron chi connectivity index (χ1n) is 6.50. The molecule has 17 heavy (non-hydrogen) atoms. The van der Waals surface area contributed by atoms with Crippen LogP contribution in [0.25, 0.3) is 10.8 Å². The minimum Gasteiger partial charge on any atom is -0.290 e. The summed E-state index contributed by atoms with van der Waals surface area (Å²) >= 11 is 0. The van der Waals surface area contributed by atoms with Crippen LogP contribution < -0.4 is 0 Å².